The average Bonchev–Trinajstić information content (AvgIpc) is 3.02. The molecule has 21 heavy (non-hydrogen) atoms. The Balaban J connectivity index is 2.04. The quantitative estimate of drug-likeness (QED) is 0.556. The number of nitrogens with two attached hydrogens (primary N) is 1. The number of aromatic nitrogens is 3. The molecule has 4 aromatic rings. The van der Waals surface area contributed by atoms with Gasteiger partial charge in [-0.1, -0.05) is 23.2 Å². The van der Waals surface area contributed by atoms with E-state index in [1.54, 1.807) is 23.5 Å². The molecule has 0 atom stereocenters. The second-order valence-corrected chi connectivity index (χ2v) is 6.27. The molecule has 4 rings (SSSR count). The standard InChI is InChI=1S/C14H8Cl2N4S/c15-8-4-11-12(5-9(8)16)20(14(17)19-11)7-1-2-10-13(3-7)21-6-18-10/h1-6H,(H2,17,19). The van der Waals surface area contributed by atoms with Crippen molar-refractivity contribution in [1.82, 2.24) is 14.5 Å². The number of imidazole rings is 1. The van der Waals surface area contributed by atoms with Crippen LogP contribution < -0.4 is 5.73 Å². The Bertz CT molecular complexity index is 989. The van der Waals surface area contributed by atoms with Crippen molar-refractivity contribution >= 4 is 61.7 Å². The first-order valence-corrected chi connectivity index (χ1v) is 7.73. The van der Waals surface area contributed by atoms with Gasteiger partial charge in [-0.25, -0.2) is 9.97 Å². The maximum Gasteiger partial charge on any atom is 0.205 e. The first-order chi connectivity index (χ1) is 10.1. The summed E-state index contributed by atoms with van der Waals surface area (Å²) in [5.74, 6) is 0.396. The number of nitrogens with zero attached hydrogens (tertiary/aromatic N) is 3. The van der Waals surface area contributed by atoms with E-state index in [-0.39, 0.29) is 0 Å². The Morgan fingerprint density at radius 3 is 2.71 bits per heavy atom. The summed E-state index contributed by atoms with van der Waals surface area (Å²) in [6.45, 7) is 0. The molecule has 0 aliphatic carbocycles. The van der Waals surface area contributed by atoms with Crippen molar-refractivity contribution in [2.24, 2.45) is 0 Å². The summed E-state index contributed by atoms with van der Waals surface area (Å²) in [4.78, 5) is 8.62. The van der Waals surface area contributed by atoms with Gasteiger partial charge in [0.05, 0.1) is 42.5 Å². The minimum Gasteiger partial charge on any atom is -0.369 e. The first-order valence-electron chi connectivity index (χ1n) is 6.10. The van der Waals surface area contributed by atoms with Crippen LogP contribution in [0.1, 0.15) is 0 Å². The maximum absolute atomic E-state index is 6.11. The van der Waals surface area contributed by atoms with Crippen molar-refractivity contribution in [1.29, 1.82) is 0 Å². The van der Waals surface area contributed by atoms with Crippen molar-refractivity contribution in [2.75, 3.05) is 5.73 Å². The lowest BCUT2D eigenvalue weighted by atomic mass is 10.2. The van der Waals surface area contributed by atoms with E-state index in [2.05, 4.69) is 9.97 Å². The van der Waals surface area contributed by atoms with Gasteiger partial charge in [0.2, 0.25) is 5.95 Å². The number of anilines is 1. The molecule has 0 saturated carbocycles. The number of thiazole rings is 1. The fourth-order valence-corrected chi connectivity index (χ4v) is 3.37. The summed E-state index contributed by atoms with van der Waals surface area (Å²) in [6.07, 6.45) is 0. The lowest BCUT2D eigenvalue weighted by Gasteiger charge is -2.07. The van der Waals surface area contributed by atoms with Gasteiger partial charge in [-0.15, -0.1) is 11.3 Å². The summed E-state index contributed by atoms with van der Waals surface area (Å²) >= 11 is 13.7. The maximum atomic E-state index is 6.11. The van der Waals surface area contributed by atoms with E-state index >= 15 is 0 Å². The second kappa shape index (κ2) is 4.59. The molecule has 0 fully saturated rings. The fourth-order valence-electron chi connectivity index (χ4n) is 2.35. The summed E-state index contributed by atoms with van der Waals surface area (Å²) in [7, 11) is 0. The fraction of sp³-hybridized carbons (Fsp3) is 0. The van der Waals surface area contributed by atoms with E-state index in [9.17, 15) is 0 Å². The number of fused-ring (bicyclic) bond motifs is 2. The van der Waals surface area contributed by atoms with Crippen molar-refractivity contribution in [3.63, 3.8) is 0 Å². The van der Waals surface area contributed by atoms with Gasteiger partial charge in [0, 0.05) is 0 Å². The number of rotatable bonds is 1. The Kier molecular flexibility index (Phi) is 2.82. The number of hydrogen-bond donors (Lipinski definition) is 1. The molecule has 4 nitrogen and oxygen atoms in total. The molecular formula is C14H8Cl2N4S. The number of benzene rings is 2. The minimum atomic E-state index is 0.396. The molecule has 0 spiro atoms. The van der Waals surface area contributed by atoms with E-state index < -0.39 is 0 Å². The zero-order valence-electron chi connectivity index (χ0n) is 10.5. The highest BCUT2D eigenvalue weighted by atomic mass is 35.5. The Morgan fingerprint density at radius 1 is 1.05 bits per heavy atom. The Hall–Kier alpha value is -1.82. The molecule has 0 aliphatic rings. The van der Waals surface area contributed by atoms with E-state index in [4.69, 9.17) is 28.9 Å². The average molecular weight is 335 g/mol. The summed E-state index contributed by atoms with van der Waals surface area (Å²) in [5.41, 5.74) is 11.3. The third-order valence-corrected chi connectivity index (χ3v) is 4.81. The summed E-state index contributed by atoms with van der Waals surface area (Å²) in [5, 5.41) is 0.941. The van der Waals surface area contributed by atoms with Crippen LogP contribution in [0.5, 0.6) is 0 Å². The van der Waals surface area contributed by atoms with Gasteiger partial charge in [0.15, 0.2) is 0 Å². The number of nitrogen functional groups attached to an aromatic ring is 1. The molecule has 0 unspecified atom stereocenters. The highest BCUT2D eigenvalue weighted by molar-refractivity contribution is 7.16. The lowest BCUT2D eigenvalue weighted by molar-refractivity contribution is 1.11. The smallest absolute Gasteiger partial charge is 0.205 e. The topological polar surface area (TPSA) is 56.7 Å². The van der Waals surface area contributed by atoms with Crippen molar-refractivity contribution in [3.05, 3.63) is 45.9 Å². The predicted molar refractivity (Wildman–Crippen MR) is 88.7 cm³/mol. The summed E-state index contributed by atoms with van der Waals surface area (Å²) in [6, 6.07) is 9.45. The molecule has 2 aromatic heterocycles. The van der Waals surface area contributed by atoms with Gasteiger partial charge in [0.25, 0.3) is 0 Å². The highest BCUT2D eigenvalue weighted by Crippen LogP contribution is 2.32. The van der Waals surface area contributed by atoms with E-state index in [0.29, 0.717) is 21.5 Å². The van der Waals surface area contributed by atoms with Crippen LogP contribution >= 0.6 is 34.5 Å². The number of halogens is 2. The molecule has 0 aliphatic heterocycles. The zero-order valence-corrected chi connectivity index (χ0v) is 12.9. The zero-order chi connectivity index (χ0) is 14.6. The van der Waals surface area contributed by atoms with E-state index in [0.717, 1.165) is 21.4 Å². The molecular weight excluding hydrogens is 327 g/mol. The molecule has 0 saturated heterocycles. The van der Waals surface area contributed by atoms with Crippen LogP contribution in [0.25, 0.3) is 26.9 Å². The SMILES string of the molecule is Nc1nc2cc(Cl)c(Cl)cc2n1-c1ccc2ncsc2c1. The van der Waals surface area contributed by atoms with Crippen LogP contribution in [0.4, 0.5) is 5.95 Å². The van der Waals surface area contributed by atoms with E-state index in [1.165, 1.54) is 0 Å². The first kappa shape index (κ1) is 12.9. The van der Waals surface area contributed by atoms with E-state index in [1.807, 2.05) is 28.3 Å². The van der Waals surface area contributed by atoms with Crippen LogP contribution in [0.2, 0.25) is 10.0 Å². The van der Waals surface area contributed by atoms with Gasteiger partial charge in [0.1, 0.15) is 0 Å². The van der Waals surface area contributed by atoms with Gasteiger partial charge < -0.3 is 5.73 Å². The normalized spacial score (nSPS) is 11.5. The van der Waals surface area contributed by atoms with Crippen LogP contribution in [-0.2, 0) is 0 Å². The summed E-state index contributed by atoms with van der Waals surface area (Å²) < 4.78 is 2.95. The van der Waals surface area contributed by atoms with Crippen LogP contribution in [0.15, 0.2) is 35.8 Å². The Labute approximate surface area is 133 Å². The predicted octanol–water partition coefficient (Wildman–Crippen LogP) is 4.52. The third kappa shape index (κ3) is 1.97. The third-order valence-electron chi connectivity index (χ3n) is 3.30. The molecule has 0 radical (unpaired) electrons. The molecule has 2 N–H and O–H groups in total. The highest BCUT2D eigenvalue weighted by Gasteiger charge is 2.13. The molecule has 104 valence electrons. The van der Waals surface area contributed by atoms with Crippen molar-refractivity contribution < 1.29 is 0 Å². The van der Waals surface area contributed by atoms with Gasteiger partial charge in [-0.3, -0.25) is 4.57 Å². The Morgan fingerprint density at radius 2 is 1.86 bits per heavy atom. The van der Waals surface area contributed by atoms with Gasteiger partial charge in [-0.2, -0.15) is 0 Å². The van der Waals surface area contributed by atoms with Crippen molar-refractivity contribution in [2.45, 2.75) is 0 Å². The molecule has 7 heteroatoms. The van der Waals surface area contributed by atoms with Crippen LogP contribution in [0, 0.1) is 0 Å². The second-order valence-electron chi connectivity index (χ2n) is 4.56. The molecule has 0 bridgehead atoms. The van der Waals surface area contributed by atoms with Crippen LogP contribution in [-0.4, -0.2) is 14.5 Å². The lowest BCUT2D eigenvalue weighted by Crippen LogP contribution is -2.00. The van der Waals surface area contributed by atoms with Gasteiger partial charge >= 0.3 is 0 Å². The molecule has 2 aromatic carbocycles. The minimum absolute atomic E-state index is 0.396. The largest absolute Gasteiger partial charge is 0.369 e. The monoisotopic (exact) mass is 334 g/mol. The van der Waals surface area contributed by atoms with Gasteiger partial charge in [-0.05, 0) is 30.3 Å². The molecule has 0 amide bonds. The van der Waals surface area contributed by atoms with Crippen LogP contribution in [0.3, 0.4) is 0 Å². The number of hydrogen-bond acceptors (Lipinski definition) is 4. The van der Waals surface area contributed by atoms with Crippen molar-refractivity contribution in [3.8, 4) is 5.69 Å². The molecule has 2 heterocycles.